The van der Waals surface area contributed by atoms with Crippen LogP contribution in [0.25, 0.3) is 27.1 Å². The Hall–Kier alpha value is -2.22. The van der Waals surface area contributed by atoms with Gasteiger partial charge in [-0.3, -0.25) is 0 Å². The minimum Gasteiger partial charge on any atom is -0.348 e. The third-order valence-electron chi connectivity index (χ3n) is 6.13. The standard InChI is InChI=1S/C24H30N6S.ClH/c1-15-14-30-21(25-15)10-9-18(27-30)16-7-8-19-20(11-16)31-22(26-19)29(6)17-12-23(2,3)28-24(4,5)13-17;/h7-11,14,17,28H,12-13H2,1-6H3;1H. The third-order valence-corrected chi connectivity index (χ3v) is 7.24. The maximum Gasteiger partial charge on any atom is 0.186 e. The minimum atomic E-state index is 0. The molecular formula is C24H31ClN6S. The number of hydrogen-bond donors (Lipinski definition) is 1. The number of aromatic nitrogens is 4. The highest BCUT2D eigenvalue weighted by Gasteiger charge is 2.39. The Bertz CT molecular complexity index is 1260. The van der Waals surface area contributed by atoms with Crippen LogP contribution in [0.2, 0.25) is 0 Å². The van der Waals surface area contributed by atoms with Gasteiger partial charge >= 0.3 is 0 Å². The topological polar surface area (TPSA) is 58.4 Å². The Morgan fingerprint density at radius 1 is 1.06 bits per heavy atom. The van der Waals surface area contributed by atoms with Gasteiger partial charge in [-0.1, -0.05) is 17.4 Å². The number of halogens is 1. The Balaban J connectivity index is 0.00000245. The van der Waals surface area contributed by atoms with Crippen LogP contribution in [0.4, 0.5) is 5.13 Å². The molecule has 1 aromatic carbocycles. The molecule has 1 aliphatic heterocycles. The Labute approximate surface area is 199 Å². The molecular weight excluding hydrogens is 440 g/mol. The van der Waals surface area contributed by atoms with E-state index in [1.807, 2.05) is 29.8 Å². The Morgan fingerprint density at radius 3 is 2.50 bits per heavy atom. The summed E-state index contributed by atoms with van der Waals surface area (Å²) in [4.78, 5) is 11.8. The van der Waals surface area contributed by atoms with Crippen LogP contribution >= 0.6 is 23.7 Å². The van der Waals surface area contributed by atoms with Crippen LogP contribution in [0.3, 0.4) is 0 Å². The number of thiazole rings is 1. The molecule has 8 heteroatoms. The van der Waals surface area contributed by atoms with Crippen LogP contribution in [0.1, 0.15) is 46.2 Å². The molecule has 32 heavy (non-hydrogen) atoms. The van der Waals surface area contributed by atoms with Crippen molar-refractivity contribution in [3.8, 4) is 11.3 Å². The molecule has 0 amide bonds. The van der Waals surface area contributed by atoms with Crippen molar-refractivity contribution in [3.05, 3.63) is 42.2 Å². The van der Waals surface area contributed by atoms with Gasteiger partial charge in [0, 0.05) is 29.7 Å². The lowest BCUT2D eigenvalue weighted by Gasteiger charge is -2.48. The van der Waals surface area contributed by atoms with E-state index in [9.17, 15) is 0 Å². The molecule has 6 nitrogen and oxygen atoms in total. The summed E-state index contributed by atoms with van der Waals surface area (Å²) >= 11 is 1.76. The summed E-state index contributed by atoms with van der Waals surface area (Å²) in [5.41, 5.74) is 5.15. The number of nitrogens with zero attached hydrogens (tertiary/aromatic N) is 5. The summed E-state index contributed by atoms with van der Waals surface area (Å²) < 4.78 is 3.04. The van der Waals surface area contributed by atoms with Gasteiger partial charge < -0.3 is 10.2 Å². The molecule has 3 aromatic heterocycles. The van der Waals surface area contributed by atoms with Crippen molar-refractivity contribution in [3.63, 3.8) is 0 Å². The summed E-state index contributed by atoms with van der Waals surface area (Å²) in [5.74, 6) is 0. The van der Waals surface area contributed by atoms with Gasteiger partial charge in [-0.25, -0.2) is 14.5 Å². The molecule has 4 aromatic rings. The van der Waals surface area contributed by atoms with Crippen LogP contribution in [-0.4, -0.2) is 43.7 Å². The summed E-state index contributed by atoms with van der Waals surface area (Å²) in [6.45, 7) is 11.2. The summed E-state index contributed by atoms with van der Waals surface area (Å²) in [5, 5.41) is 9.60. The smallest absolute Gasteiger partial charge is 0.186 e. The number of imidazole rings is 1. The number of benzene rings is 1. The van der Waals surface area contributed by atoms with E-state index >= 15 is 0 Å². The number of nitrogens with one attached hydrogen (secondary N) is 1. The van der Waals surface area contributed by atoms with Crippen molar-refractivity contribution in [1.29, 1.82) is 0 Å². The second-order valence-electron chi connectivity index (χ2n) is 10.1. The number of fused-ring (bicyclic) bond motifs is 2. The van der Waals surface area contributed by atoms with Gasteiger partial charge in [-0.05, 0) is 71.7 Å². The highest BCUT2D eigenvalue weighted by atomic mass is 35.5. The Morgan fingerprint density at radius 2 is 1.78 bits per heavy atom. The fraction of sp³-hybridized carbons (Fsp3) is 0.458. The molecule has 4 heterocycles. The van der Waals surface area contributed by atoms with Gasteiger partial charge in [0.1, 0.15) is 0 Å². The first-order valence-corrected chi connectivity index (χ1v) is 11.7. The molecule has 170 valence electrons. The normalized spacial score (nSPS) is 18.1. The predicted octanol–water partition coefficient (Wildman–Crippen LogP) is 5.48. The molecule has 5 rings (SSSR count). The van der Waals surface area contributed by atoms with Gasteiger partial charge in [0.25, 0.3) is 0 Å². The molecule has 1 saturated heterocycles. The van der Waals surface area contributed by atoms with Gasteiger partial charge in [-0.2, -0.15) is 5.10 Å². The summed E-state index contributed by atoms with van der Waals surface area (Å²) in [6.07, 6.45) is 4.16. The largest absolute Gasteiger partial charge is 0.348 e. The molecule has 1 N–H and O–H groups in total. The molecule has 0 aliphatic carbocycles. The quantitative estimate of drug-likeness (QED) is 0.429. The molecule has 0 unspecified atom stereocenters. The zero-order valence-corrected chi connectivity index (χ0v) is 21.1. The van der Waals surface area contributed by atoms with Crippen LogP contribution in [0, 0.1) is 6.92 Å². The minimum absolute atomic E-state index is 0. The lowest BCUT2D eigenvalue weighted by atomic mass is 9.79. The van der Waals surface area contributed by atoms with Gasteiger partial charge in [0.2, 0.25) is 0 Å². The zero-order chi connectivity index (χ0) is 22.0. The average Bonchev–Trinajstić information content (AvgIpc) is 3.25. The van der Waals surface area contributed by atoms with E-state index in [0.29, 0.717) is 6.04 Å². The van der Waals surface area contributed by atoms with E-state index in [1.54, 1.807) is 11.3 Å². The van der Waals surface area contributed by atoms with E-state index in [0.717, 1.165) is 46.1 Å². The third kappa shape index (κ3) is 4.34. The molecule has 1 aliphatic rings. The van der Waals surface area contributed by atoms with Crippen molar-refractivity contribution in [2.75, 3.05) is 11.9 Å². The highest BCUT2D eigenvalue weighted by molar-refractivity contribution is 7.22. The number of aryl methyl sites for hydroxylation is 1. The van der Waals surface area contributed by atoms with Crippen molar-refractivity contribution in [2.24, 2.45) is 0 Å². The van der Waals surface area contributed by atoms with Crippen LogP contribution in [-0.2, 0) is 0 Å². The van der Waals surface area contributed by atoms with Gasteiger partial charge in [-0.15, -0.1) is 12.4 Å². The fourth-order valence-electron chi connectivity index (χ4n) is 5.08. The first-order chi connectivity index (χ1) is 14.6. The molecule has 0 spiro atoms. The van der Waals surface area contributed by atoms with Gasteiger partial charge in [0.15, 0.2) is 10.8 Å². The average molecular weight is 471 g/mol. The van der Waals surface area contributed by atoms with Crippen molar-refractivity contribution in [2.45, 2.75) is 64.6 Å². The second-order valence-corrected chi connectivity index (χ2v) is 11.2. The fourth-order valence-corrected chi connectivity index (χ4v) is 6.11. The molecule has 1 fully saturated rings. The first kappa shape index (κ1) is 23.0. The van der Waals surface area contributed by atoms with E-state index in [2.05, 4.69) is 68.1 Å². The van der Waals surface area contributed by atoms with Crippen molar-refractivity contribution in [1.82, 2.24) is 24.9 Å². The molecule has 0 saturated carbocycles. The monoisotopic (exact) mass is 470 g/mol. The maximum absolute atomic E-state index is 4.96. The van der Waals surface area contributed by atoms with Crippen LogP contribution in [0.5, 0.6) is 0 Å². The predicted molar refractivity (Wildman–Crippen MR) is 136 cm³/mol. The van der Waals surface area contributed by atoms with Crippen molar-refractivity contribution < 1.29 is 0 Å². The molecule has 0 atom stereocenters. The van der Waals surface area contributed by atoms with Crippen molar-refractivity contribution >= 4 is 44.7 Å². The van der Waals surface area contributed by atoms with Crippen LogP contribution in [0.15, 0.2) is 36.5 Å². The summed E-state index contributed by atoms with van der Waals surface area (Å²) in [7, 11) is 2.19. The SMILES string of the molecule is Cc1cn2nc(-c3ccc4nc(N(C)C5CC(C)(C)NC(C)(C)C5)sc4c3)ccc2n1.Cl. The molecule has 0 radical (unpaired) electrons. The van der Waals surface area contributed by atoms with E-state index < -0.39 is 0 Å². The van der Waals surface area contributed by atoms with E-state index in [1.165, 1.54) is 4.70 Å². The lowest BCUT2D eigenvalue weighted by Crippen LogP contribution is -2.61. The Kier molecular flexibility index (Phi) is 5.72. The number of hydrogen-bond acceptors (Lipinski definition) is 6. The summed E-state index contributed by atoms with van der Waals surface area (Å²) in [6, 6.07) is 10.9. The molecule has 0 bridgehead atoms. The highest BCUT2D eigenvalue weighted by Crippen LogP contribution is 2.37. The van der Waals surface area contributed by atoms with Crippen LogP contribution < -0.4 is 10.2 Å². The first-order valence-electron chi connectivity index (χ1n) is 10.8. The number of anilines is 1. The lowest BCUT2D eigenvalue weighted by molar-refractivity contribution is 0.161. The van der Waals surface area contributed by atoms with E-state index in [4.69, 9.17) is 10.1 Å². The second kappa shape index (κ2) is 7.97. The van der Waals surface area contributed by atoms with E-state index in [-0.39, 0.29) is 23.5 Å². The number of rotatable bonds is 3. The maximum atomic E-state index is 4.96. The zero-order valence-electron chi connectivity index (χ0n) is 19.5. The van der Waals surface area contributed by atoms with Gasteiger partial charge in [0.05, 0.1) is 27.8 Å². The number of piperidine rings is 1.